The zero-order valence-electron chi connectivity index (χ0n) is 16.8. The lowest BCUT2D eigenvalue weighted by Gasteiger charge is -2.30. The number of halogens is 1. The number of nitrogens with zero attached hydrogens (tertiary/aromatic N) is 2. The van der Waals surface area contributed by atoms with Crippen molar-refractivity contribution in [3.05, 3.63) is 69.6 Å². The second-order valence-corrected chi connectivity index (χ2v) is 8.92. The average molecular weight is 442 g/mol. The molecule has 5 nitrogen and oxygen atoms in total. The van der Waals surface area contributed by atoms with Crippen molar-refractivity contribution in [1.29, 1.82) is 0 Å². The number of nitrogens with one attached hydrogen (secondary N) is 1. The van der Waals surface area contributed by atoms with Crippen molar-refractivity contribution >= 4 is 34.5 Å². The number of anilines is 1. The van der Waals surface area contributed by atoms with Crippen LogP contribution in [0.3, 0.4) is 0 Å². The van der Waals surface area contributed by atoms with E-state index in [1.165, 1.54) is 0 Å². The van der Waals surface area contributed by atoms with E-state index in [0.29, 0.717) is 16.5 Å². The second kappa shape index (κ2) is 9.60. The van der Waals surface area contributed by atoms with E-state index in [1.54, 1.807) is 17.4 Å². The number of hydrogen-bond acceptors (Lipinski definition) is 5. The summed E-state index contributed by atoms with van der Waals surface area (Å²) in [7, 11) is 0. The highest BCUT2D eigenvalue weighted by Crippen LogP contribution is 2.29. The van der Waals surface area contributed by atoms with Gasteiger partial charge in [-0.3, -0.25) is 9.69 Å². The van der Waals surface area contributed by atoms with Crippen molar-refractivity contribution in [2.24, 2.45) is 5.92 Å². The molecule has 3 aromatic rings. The van der Waals surface area contributed by atoms with Gasteiger partial charge in [-0.2, -0.15) is 0 Å². The molecule has 0 unspecified atom stereocenters. The molecule has 2 aromatic carbocycles. The third kappa shape index (κ3) is 5.39. The van der Waals surface area contributed by atoms with Gasteiger partial charge in [0.15, 0.2) is 0 Å². The zero-order chi connectivity index (χ0) is 20.9. The van der Waals surface area contributed by atoms with Crippen molar-refractivity contribution < 1.29 is 9.53 Å². The number of para-hydroxylation sites is 1. The summed E-state index contributed by atoms with van der Waals surface area (Å²) in [4.78, 5) is 19.6. The van der Waals surface area contributed by atoms with E-state index in [4.69, 9.17) is 16.3 Å². The molecule has 4 rings (SSSR count). The maximum absolute atomic E-state index is 12.7. The molecule has 156 valence electrons. The Morgan fingerprint density at radius 2 is 1.93 bits per heavy atom. The van der Waals surface area contributed by atoms with Crippen LogP contribution < -0.4 is 10.1 Å². The van der Waals surface area contributed by atoms with Crippen LogP contribution in [0.5, 0.6) is 11.5 Å². The van der Waals surface area contributed by atoms with Gasteiger partial charge in [0.05, 0.1) is 15.7 Å². The Kier molecular flexibility index (Phi) is 6.67. The topological polar surface area (TPSA) is 54.5 Å². The summed E-state index contributed by atoms with van der Waals surface area (Å²) in [5.74, 6) is 1.40. The molecule has 2 heterocycles. The molecule has 1 saturated heterocycles. The molecule has 0 aliphatic carbocycles. The summed E-state index contributed by atoms with van der Waals surface area (Å²) in [6.45, 7) is 4.73. The minimum atomic E-state index is 0.0393. The molecule has 7 heteroatoms. The van der Waals surface area contributed by atoms with Crippen LogP contribution in [0.15, 0.2) is 53.9 Å². The first-order valence-corrected chi connectivity index (χ1v) is 11.3. The molecule has 0 radical (unpaired) electrons. The van der Waals surface area contributed by atoms with Gasteiger partial charge in [-0.15, -0.1) is 11.3 Å². The summed E-state index contributed by atoms with van der Waals surface area (Å²) in [6.07, 6.45) is 1.73. The predicted octanol–water partition coefficient (Wildman–Crippen LogP) is 5.75. The third-order valence-corrected chi connectivity index (χ3v) is 6.33. The summed E-state index contributed by atoms with van der Waals surface area (Å²) in [5, 5.41) is 6.81. The van der Waals surface area contributed by atoms with Gasteiger partial charge in [-0.1, -0.05) is 23.7 Å². The Labute approximate surface area is 185 Å². The Morgan fingerprint density at radius 1 is 1.20 bits per heavy atom. The number of ether oxygens (including phenoxy) is 1. The smallest absolute Gasteiger partial charge is 0.227 e. The number of likely N-dealkylation sites (tertiary alicyclic amines) is 1. The number of piperidine rings is 1. The number of rotatable bonds is 6. The van der Waals surface area contributed by atoms with Crippen molar-refractivity contribution in [3.63, 3.8) is 0 Å². The quantitative estimate of drug-likeness (QED) is 0.529. The van der Waals surface area contributed by atoms with Gasteiger partial charge in [-0.05, 0) is 69.3 Å². The first kappa shape index (κ1) is 20.8. The van der Waals surface area contributed by atoms with Crippen molar-refractivity contribution in [2.75, 3.05) is 18.4 Å². The molecule has 1 aliphatic heterocycles. The largest absolute Gasteiger partial charge is 0.456 e. The van der Waals surface area contributed by atoms with Crippen molar-refractivity contribution in [1.82, 2.24) is 9.88 Å². The van der Waals surface area contributed by atoms with Gasteiger partial charge in [0, 0.05) is 23.5 Å². The lowest BCUT2D eigenvalue weighted by atomic mass is 9.95. The Morgan fingerprint density at radius 3 is 2.60 bits per heavy atom. The van der Waals surface area contributed by atoms with Crippen LogP contribution in [-0.4, -0.2) is 28.9 Å². The number of thiazole rings is 1. The molecule has 1 aliphatic rings. The van der Waals surface area contributed by atoms with E-state index < -0.39 is 0 Å². The first-order chi connectivity index (χ1) is 14.6. The lowest BCUT2D eigenvalue weighted by molar-refractivity contribution is -0.121. The maximum Gasteiger partial charge on any atom is 0.227 e. The normalized spacial score (nSPS) is 15.1. The number of aryl methyl sites for hydroxylation is 1. The highest BCUT2D eigenvalue weighted by atomic mass is 35.5. The fourth-order valence-corrected chi connectivity index (χ4v) is 4.35. The van der Waals surface area contributed by atoms with Crippen LogP contribution in [0.4, 0.5) is 5.69 Å². The van der Waals surface area contributed by atoms with Crippen LogP contribution in [0.25, 0.3) is 0 Å². The molecule has 0 atom stereocenters. The monoisotopic (exact) mass is 441 g/mol. The van der Waals surface area contributed by atoms with E-state index in [1.807, 2.05) is 49.4 Å². The number of benzene rings is 2. The average Bonchev–Trinajstić information content (AvgIpc) is 3.16. The fourth-order valence-electron chi connectivity index (χ4n) is 3.57. The molecule has 0 bridgehead atoms. The van der Waals surface area contributed by atoms with E-state index in [-0.39, 0.29) is 11.8 Å². The van der Waals surface area contributed by atoms with Gasteiger partial charge >= 0.3 is 0 Å². The van der Waals surface area contributed by atoms with Gasteiger partial charge in [0.1, 0.15) is 11.5 Å². The number of carbonyl (C=O) groups excluding carboxylic acids is 1. The van der Waals surface area contributed by atoms with Crippen LogP contribution in [0.1, 0.15) is 23.5 Å². The van der Waals surface area contributed by atoms with Gasteiger partial charge in [0.2, 0.25) is 5.91 Å². The van der Waals surface area contributed by atoms with Crippen LogP contribution >= 0.6 is 22.9 Å². The Balaban J connectivity index is 1.26. The molecule has 1 aromatic heterocycles. The van der Waals surface area contributed by atoms with Crippen molar-refractivity contribution in [3.8, 4) is 11.5 Å². The molecule has 30 heavy (non-hydrogen) atoms. The summed E-state index contributed by atoms with van der Waals surface area (Å²) < 4.78 is 5.79. The van der Waals surface area contributed by atoms with Crippen LogP contribution in [0, 0.1) is 12.8 Å². The molecule has 0 spiro atoms. The second-order valence-electron chi connectivity index (χ2n) is 7.45. The molecular formula is C23H24ClN3O2S. The molecule has 1 N–H and O–H groups in total. The van der Waals surface area contributed by atoms with E-state index in [2.05, 4.69) is 20.6 Å². The number of amides is 1. The standard InChI is InChI=1S/C23H24ClN3O2S/c1-16-25-19(15-30-16)14-27-12-10-17(11-13-27)23(28)26-18-6-8-20(9-7-18)29-22-5-3-2-4-21(22)24/h2-9,15,17H,10-14H2,1H3,(H,26,28). The predicted molar refractivity (Wildman–Crippen MR) is 121 cm³/mol. The Hall–Kier alpha value is -2.41. The van der Waals surface area contributed by atoms with E-state index in [9.17, 15) is 4.79 Å². The lowest BCUT2D eigenvalue weighted by Crippen LogP contribution is -2.37. The van der Waals surface area contributed by atoms with E-state index >= 15 is 0 Å². The van der Waals surface area contributed by atoms with Gasteiger partial charge in [0.25, 0.3) is 0 Å². The molecule has 1 amide bonds. The van der Waals surface area contributed by atoms with Crippen LogP contribution in [-0.2, 0) is 11.3 Å². The highest BCUT2D eigenvalue weighted by molar-refractivity contribution is 7.09. The van der Waals surface area contributed by atoms with Crippen LogP contribution in [0.2, 0.25) is 5.02 Å². The third-order valence-electron chi connectivity index (χ3n) is 5.20. The molecular weight excluding hydrogens is 418 g/mol. The molecule has 0 saturated carbocycles. The van der Waals surface area contributed by atoms with Crippen molar-refractivity contribution in [2.45, 2.75) is 26.3 Å². The Bertz CT molecular complexity index is 998. The number of aromatic nitrogens is 1. The SMILES string of the molecule is Cc1nc(CN2CCC(C(=O)Nc3ccc(Oc4ccccc4Cl)cc3)CC2)cs1. The first-order valence-electron chi connectivity index (χ1n) is 10.0. The zero-order valence-corrected chi connectivity index (χ0v) is 18.4. The fraction of sp³-hybridized carbons (Fsp3) is 0.304. The number of hydrogen-bond donors (Lipinski definition) is 1. The highest BCUT2D eigenvalue weighted by Gasteiger charge is 2.25. The molecule has 1 fully saturated rings. The summed E-state index contributed by atoms with van der Waals surface area (Å²) in [5.41, 5.74) is 1.89. The summed E-state index contributed by atoms with van der Waals surface area (Å²) in [6, 6.07) is 14.7. The maximum atomic E-state index is 12.7. The summed E-state index contributed by atoms with van der Waals surface area (Å²) >= 11 is 7.81. The van der Waals surface area contributed by atoms with Gasteiger partial charge < -0.3 is 10.1 Å². The van der Waals surface area contributed by atoms with E-state index in [0.717, 1.165) is 48.9 Å². The minimum Gasteiger partial charge on any atom is -0.456 e. The number of carbonyl (C=O) groups is 1. The van der Waals surface area contributed by atoms with Gasteiger partial charge in [-0.25, -0.2) is 4.98 Å². The minimum absolute atomic E-state index is 0.0393.